The number of hydrogen-bond donors (Lipinski definition) is 0. The molecular weight excluding hydrogens is 460 g/mol. The maximum atomic E-state index is 6.24. The molecule has 0 spiro atoms. The smallest absolute Gasteiger partial charge is 0.217 e. The highest BCUT2D eigenvalue weighted by Gasteiger charge is 2.32. The van der Waals surface area contributed by atoms with E-state index in [1.165, 1.54) is 51.4 Å². The first kappa shape index (κ1) is 25.8. The van der Waals surface area contributed by atoms with E-state index >= 15 is 0 Å². The second kappa shape index (κ2) is 10.9. The highest BCUT2D eigenvalue weighted by atomic mass is 16.5. The highest BCUT2D eigenvalue weighted by Crippen LogP contribution is 2.31. The van der Waals surface area contributed by atoms with Crippen molar-refractivity contribution >= 4 is 11.8 Å². The predicted molar refractivity (Wildman–Crippen MR) is 151 cm³/mol. The van der Waals surface area contributed by atoms with E-state index in [0.29, 0.717) is 30.9 Å². The molecule has 0 amide bonds. The summed E-state index contributed by atoms with van der Waals surface area (Å²) in [5.74, 6) is 2.95. The SMILES string of the molecule is CC1(C)COC(c2ccc(-c3ccc(OCC4CCCCCCCC4)cc3)cc2C2=NC(C)(C)CO2)=N1. The topological polar surface area (TPSA) is 52.4 Å². The first-order valence-corrected chi connectivity index (χ1v) is 14.1. The summed E-state index contributed by atoms with van der Waals surface area (Å²) in [5.41, 5.74) is 3.63. The zero-order valence-corrected chi connectivity index (χ0v) is 23.0. The molecule has 0 atom stereocenters. The maximum absolute atomic E-state index is 6.24. The Balaban J connectivity index is 1.34. The van der Waals surface area contributed by atoms with Gasteiger partial charge in [-0.3, -0.25) is 0 Å². The fraction of sp³-hybridized carbons (Fsp3) is 0.562. The van der Waals surface area contributed by atoms with Gasteiger partial charge in [0, 0.05) is 11.1 Å². The summed E-state index contributed by atoms with van der Waals surface area (Å²) in [5, 5.41) is 0. The standard InChI is InChI=1S/C32H42N2O3/c1-31(2)21-36-29(33-31)27-18-15-25(19-28(27)30-34-32(3,4)22-37-30)24-13-16-26(17-14-24)35-20-23-11-9-7-5-6-8-10-12-23/h13-19,23H,5-12,20-22H2,1-4H3. The van der Waals surface area contributed by atoms with Crippen molar-refractivity contribution in [2.45, 2.75) is 90.1 Å². The van der Waals surface area contributed by atoms with E-state index in [-0.39, 0.29) is 11.1 Å². The Morgan fingerprint density at radius 3 is 1.81 bits per heavy atom. The number of aliphatic imine (C=N–C) groups is 2. The monoisotopic (exact) mass is 502 g/mol. The van der Waals surface area contributed by atoms with Crippen molar-refractivity contribution in [3.05, 3.63) is 53.6 Å². The van der Waals surface area contributed by atoms with E-state index < -0.39 is 0 Å². The summed E-state index contributed by atoms with van der Waals surface area (Å²) in [6.45, 7) is 10.3. The average molecular weight is 503 g/mol. The molecule has 2 heterocycles. The van der Waals surface area contributed by atoms with E-state index in [1.54, 1.807) is 0 Å². The molecule has 198 valence electrons. The van der Waals surface area contributed by atoms with Crippen LogP contribution in [0, 0.1) is 5.92 Å². The van der Waals surface area contributed by atoms with Gasteiger partial charge in [-0.1, -0.05) is 56.7 Å². The molecule has 2 aromatic carbocycles. The van der Waals surface area contributed by atoms with E-state index in [2.05, 4.69) is 70.2 Å². The molecule has 1 aliphatic carbocycles. The third-order valence-electron chi connectivity index (χ3n) is 7.56. The van der Waals surface area contributed by atoms with Crippen LogP contribution in [0.25, 0.3) is 11.1 Å². The van der Waals surface area contributed by atoms with Crippen LogP contribution in [0.1, 0.15) is 90.2 Å². The first-order valence-electron chi connectivity index (χ1n) is 14.1. The molecule has 0 bridgehead atoms. The number of nitrogens with zero attached hydrogens (tertiary/aromatic N) is 2. The Morgan fingerprint density at radius 2 is 1.24 bits per heavy atom. The van der Waals surface area contributed by atoms with Gasteiger partial charge in [0.2, 0.25) is 11.8 Å². The minimum atomic E-state index is -0.241. The molecule has 0 unspecified atom stereocenters. The summed E-state index contributed by atoms with van der Waals surface area (Å²) < 4.78 is 18.3. The van der Waals surface area contributed by atoms with E-state index in [0.717, 1.165) is 34.6 Å². The van der Waals surface area contributed by atoms with Gasteiger partial charge in [-0.15, -0.1) is 0 Å². The Morgan fingerprint density at radius 1 is 0.703 bits per heavy atom. The molecule has 1 saturated carbocycles. The molecule has 0 radical (unpaired) electrons. The van der Waals surface area contributed by atoms with Crippen molar-refractivity contribution in [1.29, 1.82) is 0 Å². The largest absolute Gasteiger partial charge is 0.493 e. The molecule has 0 saturated heterocycles. The fourth-order valence-electron chi connectivity index (χ4n) is 5.37. The van der Waals surface area contributed by atoms with Crippen LogP contribution >= 0.6 is 0 Å². The van der Waals surface area contributed by atoms with Crippen LogP contribution in [-0.4, -0.2) is 42.7 Å². The highest BCUT2D eigenvalue weighted by molar-refractivity contribution is 6.09. The maximum Gasteiger partial charge on any atom is 0.217 e. The van der Waals surface area contributed by atoms with Crippen LogP contribution in [0.15, 0.2) is 52.4 Å². The minimum absolute atomic E-state index is 0.228. The molecule has 3 aliphatic rings. The number of hydrogen-bond acceptors (Lipinski definition) is 5. The predicted octanol–water partition coefficient (Wildman–Crippen LogP) is 7.59. The van der Waals surface area contributed by atoms with Gasteiger partial charge in [-0.05, 0) is 81.8 Å². The molecule has 2 aliphatic heterocycles. The molecular formula is C32H42N2O3. The minimum Gasteiger partial charge on any atom is -0.493 e. The van der Waals surface area contributed by atoms with Crippen molar-refractivity contribution in [3.63, 3.8) is 0 Å². The van der Waals surface area contributed by atoms with Crippen LogP contribution in [0.4, 0.5) is 0 Å². The zero-order chi connectivity index (χ0) is 25.9. The number of ether oxygens (including phenoxy) is 3. The lowest BCUT2D eigenvalue weighted by Crippen LogP contribution is -2.17. The van der Waals surface area contributed by atoms with Crippen LogP contribution in [-0.2, 0) is 9.47 Å². The molecule has 0 N–H and O–H groups in total. The van der Waals surface area contributed by atoms with Crippen molar-refractivity contribution in [2.75, 3.05) is 19.8 Å². The fourth-order valence-corrected chi connectivity index (χ4v) is 5.37. The summed E-state index contributed by atoms with van der Waals surface area (Å²) in [6.07, 6.45) is 10.8. The normalized spacial score (nSPS) is 21.6. The average Bonchev–Trinajstić information content (AvgIpc) is 3.47. The van der Waals surface area contributed by atoms with Crippen LogP contribution in [0.2, 0.25) is 0 Å². The van der Waals surface area contributed by atoms with Gasteiger partial charge >= 0.3 is 0 Å². The summed E-state index contributed by atoms with van der Waals surface area (Å²) in [4.78, 5) is 9.67. The van der Waals surface area contributed by atoms with E-state index in [1.807, 2.05) is 0 Å². The van der Waals surface area contributed by atoms with Gasteiger partial charge in [0.25, 0.3) is 0 Å². The third-order valence-corrected chi connectivity index (χ3v) is 7.56. The first-order chi connectivity index (χ1) is 17.8. The van der Waals surface area contributed by atoms with Gasteiger partial charge in [0.15, 0.2) is 0 Å². The summed E-state index contributed by atoms with van der Waals surface area (Å²) in [6, 6.07) is 14.8. The van der Waals surface area contributed by atoms with Gasteiger partial charge in [0.05, 0.1) is 17.7 Å². The quantitative estimate of drug-likeness (QED) is 0.409. The Kier molecular flexibility index (Phi) is 7.60. The second-order valence-electron chi connectivity index (χ2n) is 12.2. The van der Waals surface area contributed by atoms with E-state index in [4.69, 9.17) is 24.2 Å². The Hall–Kier alpha value is -2.82. The van der Waals surface area contributed by atoms with Crippen LogP contribution in [0.3, 0.4) is 0 Å². The zero-order valence-electron chi connectivity index (χ0n) is 23.0. The second-order valence-corrected chi connectivity index (χ2v) is 12.2. The van der Waals surface area contributed by atoms with E-state index in [9.17, 15) is 0 Å². The van der Waals surface area contributed by atoms with Crippen LogP contribution in [0.5, 0.6) is 5.75 Å². The van der Waals surface area contributed by atoms with Gasteiger partial charge in [-0.25, -0.2) is 9.98 Å². The van der Waals surface area contributed by atoms with Gasteiger partial charge < -0.3 is 14.2 Å². The van der Waals surface area contributed by atoms with Crippen molar-refractivity contribution in [2.24, 2.45) is 15.9 Å². The third kappa shape index (κ3) is 6.55. The molecule has 5 nitrogen and oxygen atoms in total. The lowest BCUT2D eigenvalue weighted by molar-refractivity contribution is 0.227. The summed E-state index contributed by atoms with van der Waals surface area (Å²) >= 11 is 0. The molecule has 0 aromatic heterocycles. The Bertz CT molecular complexity index is 1140. The molecule has 1 fully saturated rings. The lowest BCUT2D eigenvalue weighted by Gasteiger charge is -2.17. The summed E-state index contributed by atoms with van der Waals surface area (Å²) in [7, 11) is 0. The molecule has 5 heteroatoms. The van der Waals surface area contributed by atoms with Gasteiger partial charge in [0.1, 0.15) is 19.0 Å². The Labute approximate surface area is 222 Å². The lowest BCUT2D eigenvalue weighted by atomic mass is 9.97. The molecule has 37 heavy (non-hydrogen) atoms. The molecule has 5 rings (SSSR count). The number of rotatable bonds is 6. The van der Waals surface area contributed by atoms with Crippen LogP contribution < -0.4 is 4.74 Å². The number of benzene rings is 2. The van der Waals surface area contributed by atoms with Crippen molar-refractivity contribution in [3.8, 4) is 16.9 Å². The van der Waals surface area contributed by atoms with Crippen molar-refractivity contribution < 1.29 is 14.2 Å². The molecule has 2 aromatic rings. The van der Waals surface area contributed by atoms with Gasteiger partial charge in [-0.2, -0.15) is 0 Å². The van der Waals surface area contributed by atoms with Crippen molar-refractivity contribution in [1.82, 2.24) is 0 Å².